The Labute approximate surface area is 171 Å². The number of esters is 1. The molecule has 1 amide bonds. The summed E-state index contributed by atoms with van der Waals surface area (Å²) in [7, 11) is 0. The molecule has 0 aliphatic rings. The molecule has 0 saturated carbocycles. The zero-order valence-corrected chi connectivity index (χ0v) is 16.4. The molecule has 30 heavy (non-hydrogen) atoms. The van der Waals surface area contributed by atoms with Crippen molar-refractivity contribution in [3.05, 3.63) is 65.9 Å². The number of aryl methyl sites for hydroxylation is 1. The van der Waals surface area contributed by atoms with E-state index in [9.17, 15) is 9.59 Å². The molecule has 8 nitrogen and oxygen atoms in total. The van der Waals surface area contributed by atoms with Gasteiger partial charge in [0.1, 0.15) is 11.3 Å². The minimum atomic E-state index is -0.994. The molecule has 0 aliphatic carbocycles. The van der Waals surface area contributed by atoms with Crippen LogP contribution in [-0.2, 0) is 9.53 Å². The van der Waals surface area contributed by atoms with Crippen LogP contribution in [0.1, 0.15) is 29.5 Å². The van der Waals surface area contributed by atoms with Crippen LogP contribution in [0.25, 0.3) is 22.6 Å². The lowest BCUT2D eigenvalue weighted by Gasteiger charge is -2.16. The monoisotopic (exact) mass is 405 g/mol. The predicted octanol–water partition coefficient (Wildman–Crippen LogP) is 4.37. The first kappa shape index (κ1) is 19.4. The van der Waals surface area contributed by atoms with Gasteiger partial charge in [-0.1, -0.05) is 36.3 Å². The second kappa shape index (κ2) is 8.20. The van der Waals surface area contributed by atoms with E-state index in [4.69, 9.17) is 13.7 Å². The highest BCUT2D eigenvalue weighted by atomic mass is 16.5. The van der Waals surface area contributed by atoms with Crippen LogP contribution in [0.15, 0.2) is 63.5 Å². The molecule has 0 radical (unpaired) electrons. The molecular weight excluding hydrogens is 386 g/mol. The third-order valence-electron chi connectivity index (χ3n) is 4.46. The number of anilines is 1. The van der Waals surface area contributed by atoms with Crippen LogP contribution in [-0.4, -0.2) is 28.1 Å². The number of carbonyl (C=O) groups excluding carboxylic acids is 2. The molecule has 4 rings (SSSR count). The molecule has 1 atom stereocenters. The van der Waals surface area contributed by atoms with Gasteiger partial charge in [-0.3, -0.25) is 4.79 Å². The van der Waals surface area contributed by atoms with Crippen LogP contribution in [0.5, 0.6) is 0 Å². The molecule has 4 aromatic rings. The summed E-state index contributed by atoms with van der Waals surface area (Å²) < 4.78 is 16.2. The van der Waals surface area contributed by atoms with Gasteiger partial charge in [-0.15, -0.1) is 0 Å². The first-order valence-corrected chi connectivity index (χ1v) is 9.45. The van der Waals surface area contributed by atoms with Crippen molar-refractivity contribution < 1.29 is 23.3 Å². The van der Waals surface area contributed by atoms with Gasteiger partial charge in [-0.05, 0) is 37.6 Å². The molecule has 2 aromatic heterocycles. The van der Waals surface area contributed by atoms with Crippen LogP contribution in [0.4, 0.5) is 5.82 Å². The van der Waals surface area contributed by atoms with Gasteiger partial charge in [-0.25, -0.2) is 9.78 Å². The van der Waals surface area contributed by atoms with Crippen molar-refractivity contribution in [2.45, 2.75) is 26.4 Å². The number of ether oxygens (including phenoxy) is 1. The Morgan fingerprint density at radius 2 is 1.90 bits per heavy atom. The summed E-state index contributed by atoms with van der Waals surface area (Å²) in [4.78, 5) is 29.8. The van der Waals surface area contributed by atoms with Crippen LogP contribution in [0.2, 0.25) is 0 Å². The lowest BCUT2D eigenvalue weighted by Crippen LogP contribution is -2.32. The summed E-state index contributed by atoms with van der Waals surface area (Å²) in [5.74, 6) is -0.00881. The Morgan fingerprint density at radius 3 is 2.63 bits per heavy atom. The topological polar surface area (TPSA) is 107 Å². The van der Waals surface area contributed by atoms with E-state index in [-0.39, 0.29) is 11.4 Å². The number of para-hydroxylation sites is 2. The number of nitrogens with zero attached hydrogens (tertiary/aromatic N) is 2. The number of hydrogen-bond acceptors (Lipinski definition) is 7. The zero-order chi connectivity index (χ0) is 21.1. The van der Waals surface area contributed by atoms with E-state index in [1.54, 1.807) is 50.2 Å². The van der Waals surface area contributed by atoms with Gasteiger partial charge in [-0.2, -0.15) is 0 Å². The number of amides is 1. The molecule has 2 aromatic carbocycles. The molecule has 8 heteroatoms. The van der Waals surface area contributed by atoms with Gasteiger partial charge in [0.15, 0.2) is 17.5 Å². The summed E-state index contributed by atoms with van der Waals surface area (Å²) in [5, 5.41) is 6.30. The van der Waals surface area contributed by atoms with Crippen molar-refractivity contribution in [1.82, 2.24) is 10.1 Å². The molecule has 0 aliphatic heterocycles. The fraction of sp³-hybridized carbons (Fsp3) is 0.182. The van der Waals surface area contributed by atoms with Gasteiger partial charge in [0, 0.05) is 6.07 Å². The van der Waals surface area contributed by atoms with Crippen LogP contribution >= 0.6 is 0 Å². The minimum absolute atomic E-state index is 0.257. The maximum Gasteiger partial charge on any atom is 0.339 e. The number of benzene rings is 2. The van der Waals surface area contributed by atoms with Crippen molar-refractivity contribution in [3.63, 3.8) is 0 Å². The van der Waals surface area contributed by atoms with E-state index in [0.29, 0.717) is 34.7 Å². The van der Waals surface area contributed by atoms with Gasteiger partial charge >= 0.3 is 5.97 Å². The summed E-state index contributed by atoms with van der Waals surface area (Å²) in [6.07, 6.45) is -0.703. The summed E-state index contributed by atoms with van der Waals surface area (Å²) in [5.41, 5.74) is 2.04. The molecule has 0 spiro atoms. The second-order valence-electron chi connectivity index (χ2n) is 6.65. The first-order chi connectivity index (χ1) is 14.5. The fourth-order valence-corrected chi connectivity index (χ4v) is 2.98. The van der Waals surface area contributed by atoms with Gasteiger partial charge in [0.05, 0.1) is 11.1 Å². The normalized spacial score (nSPS) is 11.9. The third kappa shape index (κ3) is 3.93. The predicted molar refractivity (Wildman–Crippen MR) is 109 cm³/mol. The van der Waals surface area contributed by atoms with Crippen LogP contribution in [0, 0.1) is 6.92 Å². The van der Waals surface area contributed by atoms with Crippen molar-refractivity contribution >= 4 is 28.8 Å². The highest BCUT2D eigenvalue weighted by Crippen LogP contribution is 2.27. The molecule has 0 fully saturated rings. The van der Waals surface area contributed by atoms with E-state index in [2.05, 4.69) is 15.5 Å². The van der Waals surface area contributed by atoms with E-state index < -0.39 is 18.0 Å². The minimum Gasteiger partial charge on any atom is -0.449 e. The van der Waals surface area contributed by atoms with Gasteiger partial charge < -0.3 is 19.0 Å². The summed E-state index contributed by atoms with van der Waals surface area (Å²) in [6, 6.07) is 15.7. The van der Waals surface area contributed by atoms with E-state index in [0.717, 1.165) is 0 Å². The van der Waals surface area contributed by atoms with Crippen LogP contribution in [0.3, 0.4) is 0 Å². The number of fused-ring (bicyclic) bond motifs is 1. The van der Waals surface area contributed by atoms with Crippen LogP contribution < -0.4 is 5.32 Å². The highest BCUT2D eigenvalue weighted by molar-refractivity contribution is 6.00. The van der Waals surface area contributed by atoms with E-state index in [1.165, 1.54) is 0 Å². The third-order valence-corrected chi connectivity index (χ3v) is 4.46. The van der Waals surface area contributed by atoms with E-state index >= 15 is 0 Å². The SMILES string of the molecule is CCC(OC(=O)c1ccccc1-c1nc2ccccc2o1)C(=O)Nc1cc(C)on1. The smallest absolute Gasteiger partial charge is 0.339 e. The number of nitrogens with one attached hydrogen (secondary N) is 1. The molecule has 2 heterocycles. The van der Waals surface area contributed by atoms with Crippen molar-refractivity contribution in [3.8, 4) is 11.5 Å². The average Bonchev–Trinajstić information content (AvgIpc) is 3.37. The molecule has 152 valence electrons. The van der Waals surface area contributed by atoms with Crippen molar-refractivity contribution in [2.75, 3.05) is 5.32 Å². The maximum absolute atomic E-state index is 12.9. The second-order valence-corrected chi connectivity index (χ2v) is 6.65. The molecule has 1 unspecified atom stereocenters. The lowest BCUT2D eigenvalue weighted by molar-refractivity contribution is -0.124. The number of aromatic nitrogens is 2. The van der Waals surface area contributed by atoms with Gasteiger partial charge in [0.25, 0.3) is 5.91 Å². The lowest BCUT2D eigenvalue weighted by atomic mass is 10.1. The number of hydrogen-bond donors (Lipinski definition) is 1. The number of rotatable bonds is 6. The summed E-state index contributed by atoms with van der Waals surface area (Å²) in [6.45, 7) is 3.46. The van der Waals surface area contributed by atoms with Gasteiger partial charge in [0.2, 0.25) is 5.89 Å². The van der Waals surface area contributed by atoms with Crippen molar-refractivity contribution in [2.24, 2.45) is 0 Å². The molecule has 1 N–H and O–H groups in total. The Morgan fingerprint density at radius 1 is 1.13 bits per heavy atom. The Kier molecular flexibility index (Phi) is 5.30. The quantitative estimate of drug-likeness (QED) is 0.475. The largest absolute Gasteiger partial charge is 0.449 e. The van der Waals surface area contributed by atoms with Crippen molar-refractivity contribution in [1.29, 1.82) is 0 Å². The average molecular weight is 405 g/mol. The zero-order valence-electron chi connectivity index (χ0n) is 16.4. The Balaban J connectivity index is 1.56. The number of carbonyl (C=O) groups is 2. The Hall–Kier alpha value is -3.94. The summed E-state index contributed by atoms with van der Waals surface area (Å²) >= 11 is 0. The Bertz CT molecular complexity index is 1180. The maximum atomic E-state index is 12.9. The number of oxazole rings is 1. The fourth-order valence-electron chi connectivity index (χ4n) is 2.98. The highest BCUT2D eigenvalue weighted by Gasteiger charge is 2.25. The first-order valence-electron chi connectivity index (χ1n) is 9.45. The molecule has 0 saturated heterocycles. The molecular formula is C22H19N3O5. The molecule has 0 bridgehead atoms. The standard InChI is InChI=1S/C22H19N3O5/c1-3-17(20(26)24-19-12-13(2)30-25-19)29-22(27)15-9-5-4-8-14(15)21-23-16-10-6-7-11-18(16)28-21/h4-12,17H,3H2,1-2H3,(H,24,25,26). The van der Waals surface area contributed by atoms with E-state index in [1.807, 2.05) is 18.2 Å².